The summed E-state index contributed by atoms with van der Waals surface area (Å²) in [5, 5.41) is 58.1. The van der Waals surface area contributed by atoms with Crippen LogP contribution in [0.25, 0.3) is 0 Å². The van der Waals surface area contributed by atoms with Gasteiger partial charge in [0.05, 0.1) is 25.4 Å². The van der Waals surface area contributed by atoms with E-state index in [9.17, 15) is 68.1 Å². The first-order valence-electron chi connectivity index (χ1n) is 26.0. The number of unbranched alkanes of at least 4 members (excludes halogenated alkanes) is 4. The van der Waals surface area contributed by atoms with Gasteiger partial charge in [0.25, 0.3) is 0 Å². The van der Waals surface area contributed by atoms with E-state index >= 15 is 0 Å². The fraction of sp³-hybridized carbons (Fsp3) is 0.766. The third-order valence-electron chi connectivity index (χ3n) is 12.0. The summed E-state index contributed by atoms with van der Waals surface area (Å²) in [6.07, 6.45) is 0.240. The summed E-state index contributed by atoms with van der Waals surface area (Å²) in [6.45, 7) is 5.14. The molecule has 1 aliphatic heterocycles. The van der Waals surface area contributed by atoms with Crippen LogP contribution in [0.3, 0.4) is 0 Å². The van der Waals surface area contributed by atoms with Gasteiger partial charge in [-0.05, 0) is 90.9 Å². The molecule has 22 N–H and O–H groups in total. The van der Waals surface area contributed by atoms with Crippen LogP contribution < -0.4 is 81.4 Å². The van der Waals surface area contributed by atoms with Gasteiger partial charge in [0.2, 0.25) is 65.0 Å². The Labute approximate surface area is 443 Å². The fourth-order valence-electron chi connectivity index (χ4n) is 7.72. The molecular formula is C47H87N15O14. The minimum Gasteiger partial charge on any atom is -0.394 e. The summed E-state index contributed by atoms with van der Waals surface area (Å²) in [7, 11) is 0. The van der Waals surface area contributed by atoms with E-state index in [2.05, 4.69) is 65.4 Å². The molecule has 0 radical (unpaired) electrons. The molecule has 1 heterocycles. The first-order valence-corrected chi connectivity index (χ1v) is 26.0. The molecule has 1 aliphatic rings. The summed E-state index contributed by atoms with van der Waals surface area (Å²) in [4.78, 5) is 149. The highest BCUT2D eigenvalue weighted by Gasteiger charge is 2.36. The van der Waals surface area contributed by atoms with Crippen LogP contribution in [0.2, 0.25) is 0 Å². The van der Waals surface area contributed by atoms with E-state index in [0.717, 1.165) is 25.7 Å². The van der Waals surface area contributed by atoms with Gasteiger partial charge in [-0.15, -0.1) is 0 Å². The predicted molar refractivity (Wildman–Crippen MR) is 276 cm³/mol. The molecule has 0 saturated carbocycles. The number of nitrogens with one attached hydrogen (secondary N) is 11. The van der Waals surface area contributed by atoms with Gasteiger partial charge in [0.1, 0.15) is 54.4 Å². The second-order valence-corrected chi connectivity index (χ2v) is 19.1. The molecule has 0 spiro atoms. The van der Waals surface area contributed by atoms with Crippen LogP contribution in [0.4, 0.5) is 0 Å². The van der Waals surface area contributed by atoms with Gasteiger partial charge in [-0.25, -0.2) is 0 Å². The van der Waals surface area contributed by atoms with Crippen LogP contribution in [-0.4, -0.2) is 193 Å². The molecule has 0 bridgehead atoms. The van der Waals surface area contributed by atoms with Crippen molar-refractivity contribution in [1.29, 1.82) is 0 Å². The molecule has 0 aromatic rings. The third-order valence-corrected chi connectivity index (χ3v) is 12.0. The molecule has 11 atom stereocenters. The van der Waals surface area contributed by atoms with E-state index in [4.69, 9.17) is 22.9 Å². The molecule has 1 fully saturated rings. The minimum absolute atomic E-state index is 0.0125. The predicted octanol–water partition coefficient (Wildman–Crippen LogP) is -7.46. The quantitative estimate of drug-likeness (QED) is 0.0358. The Bertz CT molecular complexity index is 1910. The van der Waals surface area contributed by atoms with Gasteiger partial charge < -0.3 is 96.7 Å². The van der Waals surface area contributed by atoms with Crippen molar-refractivity contribution in [3.05, 3.63) is 0 Å². The van der Waals surface area contributed by atoms with Gasteiger partial charge in [-0.2, -0.15) is 0 Å². The SMILES string of the molecule is CCCCCCCC(=O)N[C@@H](CCN)C(=O)N[C@H](C(=O)N[C@@H](CCN)C(=O)N[C@H]1CCNC(=O)[C@H]([C@@H](C)O)NC(=O)[C@H](CCN)NC(=O)[C@H](CO)NC(=O)[C@H](CC(C)C)NC(=O)CNC(=O)[C@H](CCN)NC1=O)[C@@H](C)O. The average Bonchev–Trinajstić information content (AvgIpc) is 3.35. The number of nitrogens with two attached hydrogens (primary N) is 4. The average molecular weight is 1090 g/mol. The maximum absolute atomic E-state index is 14.1. The highest BCUT2D eigenvalue weighted by Crippen LogP contribution is 2.09. The van der Waals surface area contributed by atoms with Crippen LogP contribution >= 0.6 is 0 Å². The van der Waals surface area contributed by atoms with Crippen molar-refractivity contribution in [3.63, 3.8) is 0 Å². The Morgan fingerprint density at radius 3 is 1.71 bits per heavy atom. The lowest BCUT2D eigenvalue weighted by molar-refractivity contribution is -0.136. The highest BCUT2D eigenvalue weighted by molar-refractivity contribution is 5.98. The van der Waals surface area contributed by atoms with E-state index in [1.807, 2.05) is 0 Å². The molecule has 76 heavy (non-hydrogen) atoms. The van der Waals surface area contributed by atoms with E-state index in [0.29, 0.717) is 6.42 Å². The van der Waals surface area contributed by atoms with Crippen molar-refractivity contribution in [2.24, 2.45) is 28.9 Å². The van der Waals surface area contributed by atoms with Crippen LogP contribution in [0.1, 0.15) is 112 Å². The summed E-state index contributed by atoms with van der Waals surface area (Å²) in [6, 6.07) is -13.6. The lowest BCUT2D eigenvalue weighted by atomic mass is 10.0. The topological polar surface area (TPSA) is 485 Å². The van der Waals surface area contributed by atoms with E-state index in [1.54, 1.807) is 13.8 Å². The second-order valence-electron chi connectivity index (χ2n) is 19.1. The number of carbonyl (C=O) groups is 11. The Morgan fingerprint density at radius 1 is 0.605 bits per heavy atom. The lowest BCUT2D eigenvalue weighted by Crippen LogP contribution is -2.61. The van der Waals surface area contributed by atoms with Crippen LogP contribution in [0.5, 0.6) is 0 Å². The summed E-state index contributed by atoms with van der Waals surface area (Å²) in [5.74, 6) is -10.4. The Kier molecular flexibility index (Phi) is 32.9. The maximum atomic E-state index is 14.1. The molecule has 29 heteroatoms. The molecule has 29 nitrogen and oxygen atoms in total. The molecular weight excluding hydrogens is 999 g/mol. The van der Waals surface area contributed by atoms with E-state index in [1.165, 1.54) is 13.8 Å². The number of carbonyl (C=O) groups excluding carboxylic acids is 11. The molecule has 0 aromatic carbocycles. The van der Waals surface area contributed by atoms with Crippen molar-refractivity contribution >= 4 is 65.0 Å². The second kappa shape index (κ2) is 36.8. The molecule has 0 unspecified atom stereocenters. The zero-order valence-corrected chi connectivity index (χ0v) is 44.5. The third kappa shape index (κ3) is 25.2. The molecule has 1 rings (SSSR count). The molecule has 434 valence electrons. The number of aliphatic hydroxyl groups excluding tert-OH is 3. The van der Waals surface area contributed by atoms with Crippen molar-refractivity contribution in [2.75, 3.05) is 45.9 Å². The van der Waals surface area contributed by atoms with Crippen LogP contribution in [0, 0.1) is 5.92 Å². The van der Waals surface area contributed by atoms with Gasteiger partial charge in [0.15, 0.2) is 0 Å². The molecule has 0 aliphatic carbocycles. The summed E-state index contributed by atoms with van der Waals surface area (Å²) < 4.78 is 0. The fourth-order valence-corrected chi connectivity index (χ4v) is 7.72. The minimum atomic E-state index is -1.70. The number of aliphatic hydroxyl groups is 3. The first kappa shape index (κ1) is 67.9. The molecule has 11 amide bonds. The van der Waals surface area contributed by atoms with Crippen molar-refractivity contribution < 1.29 is 68.1 Å². The zero-order valence-electron chi connectivity index (χ0n) is 44.5. The van der Waals surface area contributed by atoms with E-state index < -0.39 is 158 Å². The number of hydrogen-bond acceptors (Lipinski definition) is 18. The zero-order chi connectivity index (χ0) is 57.5. The smallest absolute Gasteiger partial charge is 0.245 e. The maximum Gasteiger partial charge on any atom is 0.245 e. The van der Waals surface area contributed by atoms with Crippen LogP contribution in [-0.2, 0) is 52.7 Å². The van der Waals surface area contributed by atoms with Crippen molar-refractivity contribution in [2.45, 2.75) is 178 Å². The van der Waals surface area contributed by atoms with Crippen molar-refractivity contribution in [3.8, 4) is 0 Å². The Hall–Kier alpha value is -6.11. The largest absolute Gasteiger partial charge is 0.394 e. The standard InChI is InChI=1S/C47H87N15O14/c1-6-7-8-9-10-11-35(66)54-29(13-18-49)42(71)62-38(27(5)65)47(76)59-30(14-19-50)40(69)58-32-16-21-52-46(75)37(26(4)64)61-43(72)31(15-20-51)57-45(74)34(24-63)60-44(73)33(22-25(2)3)55-36(67)23-53-39(68)28(12-17-48)56-41(32)70/h25-34,37-38,63-65H,6-24,48-51H2,1-5H3,(H,52,75)(H,53,68)(H,54,66)(H,55,67)(H,56,70)(H,57,74)(H,58,69)(H,59,76)(H,60,73)(H,61,72)(H,62,71)/t26-,27-,28+,29+,30+,31+,32+,33+,34+,37+,38+/m1/s1. The normalized spacial score (nSPS) is 22.8. The summed E-state index contributed by atoms with van der Waals surface area (Å²) >= 11 is 0. The molecule has 0 aromatic heterocycles. The van der Waals surface area contributed by atoms with Gasteiger partial charge in [-0.1, -0.05) is 46.5 Å². The number of hydrogen-bond donors (Lipinski definition) is 18. The Balaban J connectivity index is 3.63. The van der Waals surface area contributed by atoms with Crippen molar-refractivity contribution in [1.82, 2.24) is 58.5 Å². The Morgan fingerprint density at radius 2 is 1.16 bits per heavy atom. The summed E-state index contributed by atoms with van der Waals surface area (Å²) in [5.41, 5.74) is 23.1. The van der Waals surface area contributed by atoms with Gasteiger partial charge >= 0.3 is 0 Å². The van der Waals surface area contributed by atoms with Crippen LogP contribution in [0.15, 0.2) is 0 Å². The highest BCUT2D eigenvalue weighted by atomic mass is 16.3. The van der Waals surface area contributed by atoms with E-state index in [-0.39, 0.29) is 70.6 Å². The number of amides is 11. The number of rotatable bonds is 26. The monoisotopic (exact) mass is 1090 g/mol. The first-order chi connectivity index (χ1) is 36.0. The molecule has 1 saturated heterocycles. The van der Waals surface area contributed by atoms with Gasteiger partial charge in [0, 0.05) is 13.0 Å². The van der Waals surface area contributed by atoms with Gasteiger partial charge in [-0.3, -0.25) is 52.7 Å². The lowest BCUT2D eigenvalue weighted by Gasteiger charge is -2.28.